The van der Waals surface area contributed by atoms with Crippen molar-refractivity contribution in [3.8, 4) is 0 Å². The minimum Gasteiger partial charge on any atom is -0.480 e. The molecule has 114 valence electrons. The van der Waals surface area contributed by atoms with Crippen LogP contribution in [0, 0.1) is 5.92 Å². The van der Waals surface area contributed by atoms with E-state index < -0.39 is 5.97 Å². The third-order valence-corrected chi connectivity index (χ3v) is 5.26. The van der Waals surface area contributed by atoms with Crippen LogP contribution in [0.25, 0.3) is 0 Å². The van der Waals surface area contributed by atoms with Crippen molar-refractivity contribution in [3.63, 3.8) is 0 Å². The number of likely N-dealkylation sites (tertiary alicyclic amines) is 1. The Labute approximate surface area is 120 Å². The van der Waals surface area contributed by atoms with Crippen LogP contribution in [-0.2, 0) is 9.53 Å². The van der Waals surface area contributed by atoms with Crippen molar-refractivity contribution in [1.82, 2.24) is 9.80 Å². The maximum Gasteiger partial charge on any atom is 0.320 e. The Kier molecular flexibility index (Phi) is 4.29. The van der Waals surface area contributed by atoms with E-state index in [9.17, 15) is 9.90 Å². The zero-order chi connectivity index (χ0) is 14.1. The predicted octanol–water partition coefficient (Wildman–Crippen LogP) is 1.03. The highest BCUT2D eigenvalue weighted by molar-refractivity contribution is 5.74. The molecule has 2 aliphatic heterocycles. The van der Waals surface area contributed by atoms with Crippen LogP contribution in [0.2, 0.25) is 0 Å². The summed E-state index contributed by atoms with van der Waals surface area (Å²) < 4.78 is 5.84. The minimum absolute atomic E-state index is 0.163. The quantitative estimate of drug-likeness (QED) is 0.838. The van der Waals surface area contributed by atoms with E-state index in [4.69, 9.17) is 4.74 Å². The first-order chi connectivity index (χ1) is 9.65. The standard InChI is InChI=1S/C15H26N2O3/c1-16-6-7-20-12(9-16)10-17-13-5-3-2-4-11(13)8-14(17)15(18)19/h11-14H,2-10H2,1H3,(H,18,19). The molecular weight excluding hydrogens is 256 g/mol. The molecule has 4 atom stereocenters. The Bertz CT molecular complexity index is 363. The summed E-state index contributed by atoms with van der Waals surface area (Å²) in [6, 6.07) is 0.180. The van der Waals surface area contributed by atoms with Gasteiger partial charge < -0.3 is 14.7 Å². The summed E-state index contributed by atoms with van der Waals surface area (Å²) in [6.07, 6.45) is 5.88. The van der Waals surface area contributed by atoms with E-state index in [2.05, 4.69) is 16.8 Å². The second-order valence-corrected chi connectivity index (χ2v) is 6.65. The van der Waals surface area contributed by atoms with Crippen molar-refractivity contribution in [3.05, 3.63) is 0 Å². The van der Waals surface area contributed by atoms with Crippen molar-refractivity contribution in [2.24, 2.45) is 5.92 Å². The number of carboxylic acid groups (broad SMARTS) is 1. The zero-order valence-electron chi connectivity index (χ0n) is 12.3. The molecule has 1 saturated carbocycles. The van der Waals surface area contributed by atoms with E-state index >= 15 is 0 Å². The Morgan fingerprint density at radius 3 is 2.90 bits per heavy atom. The van der Waals surface area contributed by atoms with E-state index in [1.165, 1.54) is 19.3 Å². The number of morpholine rings is 1. The molecule has 3 fully saturated rings. The van der Waals surface area contributed by atoms with Crippen molar-refractivity contribution in [2.45, 2.75) is 50.3 Å². The van der Waals surface area contributed by atoms with Gasteiger partial charge in [0, 0.05) is 25.7 Å². The fourth-order valence-corrected chi connectivity index (χ4v) is 4.27. The van der Waals surface area contributed by atoms with Crippen LogP contribution < -0.4 is 0 Å². The van der Waals surface area contributed by atoms with Crippen LogP contribution in [0.3, 0.4) is 0 Å². The molecule has 0 spiro atoms. The van der Waals surface area contributed by atoms with Gasteiger partial charge in [-0.15, -0.1) is 0 Å². The topological polar surface area (TPSA) is 53.0 Å². The monoisotopic (exact) mass is 282 g/mol. The number of fused-ring (bicyclic) bond motifs is 1. The lowest BCUT2D eigenvalue weighted by Gasteiger charge is -2.38. The fraction of sp³-hybridized carbons (Fsp3) is 0.933. The van der Waals surface area contributed by atoms with Gasteiger partial charge in [-0.05, 0) is 32.2 Å². The number of nitrogens with zero attached hydrogens (tertiary/aromatic N) is 2. The lowest BCUT2D eigenvalue weighted by molar-refractivity contribution is -0.143. The van der Waals surface area contributed by atoms with Gasteiger partial charge in [-0.2, -0.15) is 0 Å². The second kappa shape index (κ2) is 6.00. The molecule has 0 aromatic rings. The average Bonchev–Trinajstić information content (AvgIpc) is 2.78. The molecule has 4 unspecified atom stereocenters. The van der Waals surface area contributed by atoms with Crippen LogP contribution in [0.15, 0.2) is 0 Å². The van der Waals surface area contributed by atoms with Gasteiger partial charge in [0.25, 0.3) is 0 Å². The molecule has 0 radical (unpaired) electrons. The summed E-state index contributed by atoms with van der Waals surface area (Å²) in [5, 5.41) is 9.52. The van der Waals surface area contributed by atoms with Gasteiger partial charge in [0.05, 0.1) is 12.7 Å². The van der Waals surface area contributed by atoms with E-state index in [1.54, 1.807) is 0 Å². The van der Waals surface area contributed by atoms with E-state index in [0.717, 1.165) is 39.1 Å². The largest absolute Gasteiger partial charge is 0.480 e. The molecule has 1 aliphatic carbocycles. The highest BCUT2D eigenvalue weighted by Gasteiger charge is 2.45. The Balaban J connectivity index is 1.68. The van der Waals surface area contributed by atoms with Crippen LogP contribution >= 0.6 is 0 Å². The van der Waals surface area contributed by atoms with Crippen LogP contribution in [0.4, 0.5) is 0 Å². The molecule has 2 saturated heterocycles. The van der Waals surface area contributed by atoms with Crippen LogP contribution in [-0.4, -0.2) is 72.4 Å². The second-order valence-electron chi connectivity index (χ2n) is 6.65. The smallest absolute Gasteiger partial charge is 0.320 e. The molecule has 3 rings (SSSR count). The maximum absolute atomic E-state index is 11.6. The molecule has 0 amide bonds. The van der Waals surface area contributed by atoms with Gasteiger partial charge in [-0.25, -0.2) is 0 Å². The Morgan fingerprint density at radius 1 is 1.35 bits per heavy atom. The maximum atomic E-state index is 11.6. The molecule has 20 heavy (non-hydrogen) atoms. The van der Waals surface area contributed by atoms with E-state index in [1.807, 2.05) is 0 Å². The van der Waals surface area contributed by atoms with Gasteiger partial charge in [0.15, 0.2) is 0 Å². The number of hydrogen-bond acceptors (Lipinski definition) is 4. The minimum atomic E-state index is -0.649. The number of ether oxygens (including phenoxy) is 1. The molecular formula is C15H26N2O3. The summed E-state index contributed by atoms with van der Waals surface area (Å²) in [4.78, 5) is 16.1. The number of aliphatic carboxylic acids is 1. The van der Waals surface area contributed by atoms with Gasteiger partial charge in [-0.1, -0.05) is 12.8 Å². The highest BCUT2D eigenvalue weighted by atomic mass is 16.5. The number of rotatable bonds is 3. The number of likely N-dealkylation sites (N-methyl/N-ethyl adjacent to an activating group) is 1. The average molecular weight is 282 g/mol. The number of carboxylic acids is 1. The molecule has 0 aromatic carbocycles. The highest BCUT2D eigenvalue weighted by Crippen LogP contribution is 2.39. The Hall–Kier alpha value is -0.650. The molecule has 0 bridgehead atoms. The van der Waals surface area contributed by atoms with Crippen molar-refractivity contribution >= 4 is 5.97 Å². The molecule has 3 aliphatic rings. The summed E-state index contributed by atoms with van der Waals surface area (Å²) >= 11 is 0. The fourth-order valence-electron chi connectivity index (χ4n) is 4.27. The van der Waals surface area contributed by atoms with Gasteiger partial charge in [0.2, 0.25) is 0 Å². The number of hydrogen-bond donors (Lipinski definition) is 1. The Morgan fingerprint density at radius 2 is 2.15 bits per heavy atom. The first kappa shape index (κ1) is 14.3. The van der Waals surface area contributed by atoms with E-state index in [0.29, 0.717) is 12.0 Å². The van der Waals surface area contributed by atoms with Crippen molar-refractivity contribution in [2.75, 3.05) is 33.3 Å². The lowest BCUT2D eigenvalue weighted by atomic mass is 9.84. The summed E-state index contributed by atoms with van der Waals surface area (Å²) in [7, 11) is 2.11. The van der Waals surface area contributed by atoms with Crippen LogP contribution in [0.5, 0.6) is 0 Å². The predicted molar refractivity (Wildman–Crippen MR) is 75.7 cm³/mol. The zero-order valence-corrected chi connectivity index (χ0v) is 12.3. The normalized spacial score (nSPS) is 39.6. The SMILES string of the molecule is CN1CCOC(CN2C(C(=O)O)CC3CCCCC32)C1. The molecule has 0 aromatic heterocycles. The lowest BCUT2D eigenvalue weighted by Crippen LogP contribution is -2.51. The number of carbonyl (C=O) groups is 1. The first-order valence-electron chi connectivity index (χ1n) is 7.94. The van der Waals surface area contributed by atoms with Gasteiger partial charge >= 0.3 is 5.97 Å². The van der Waals surface area contributed by atoms with Crippen molar-refractivity contribution < 1.29 is 14.6 Å². The summed E-state index contributed by atoms with van der Waals surface area (Å²) in [5.74, 6) is -0.0604. The van der Waals surface area contributed by atoms with Crippen LogP contribution in [0.1, 0.15) is 32.1 Å². The first-order valence-corrected chi connectivity index (χ1v) is 7.94. The van der Waals surface area contributed by atoms with Crippen molar-refractivity contribution in [1.29, 1.82) is 0 Å². The molecule has 5 heteroatoms. The molecule has 1 N–H and O–H groups in total. The third-order valence-electron chi connectivity index (χ3n) is 5.26. The van der Waals surface area contributed by atoms with Gasteiger partial charge in [0.1, 0.15) is 6.04 Å². The molecule has 5 nitrogen and oxygen atoms in total. The van der Waals surface area contributed by atoms with Gasteiger partial charge in [-0.3, -0.25) is 9.69 Å². The molecule has 2 heterocycles. The summed E-state index contributed by atoms with van der Waals surface area (Å²) in [5.41, 5.74) is 0. The summed E-state index contributed by atoms with van der Waals surface area (Å²) in [6.45, 7) is 3.44. The third kappa shape index (κ3) is 2.85. The van der Waals surface area contributed by atoms with E-state index in [-0.39, 0.29) is 12.1 Å².